The van der Waals surface area contributed by atoms with E-state index in [0.717, 1.165) is 40.5 Å². The van der Waals surface area contributed by atoms with Crippen molar-refractivity contribution in [2.24, 2.45) is 0 Å². The second-order valence-corrected chi connectivity index (χ2v) is 23.9. The Morgan fingerprint density at radius 1 is 0.429 bits per heavy atom. The van der Waals surface area contributed by atoms with Gasteiger partial charge in [0.2, 0.25) is 0 Å². The Labute approximate surface area is 415 Å². The van der Waals surface area contributed by atoms with Crippen LogP contribution in [-0.4, -0.2) is 6.85 Å². The van der Waals surface area contributed by atoms with Gasteiger partial charge in [-0.2, -0.15) is 0 Å². The smallest absolute Gasteiger partial charge is 0.333 e. The molecule has 4 aliphatic rings. The highest BCUT2D eigenvalue weighted by Gasteiger charge is 2.49. The zero-order valence-electron chi connectivity index (χ0n) is 42.6. The van der Waals surface area contributed by atoms with Crippen LogP contribution in [0.5, 0.6) is 0 Å². The van der Waals surface area contributed by atoms with Gasteiger partial charge in [0, 0.05) is 39.1 Å². The van der Waals surface area contributed by atoms with E-state index in [0.29, 0.717) is 0 Å². The summed E-state index contributed by atoms with van der Waals surface area (Å²) in [5.74, 6) is 0. The van der Waals surface area contributed by atoms with Crippen LogP contribution in [0.25, 0.3) is 55.3 Å². The van der Waals surface area contributed by atoms with E-state index in [1.807, 2.05) is 0 Å². The summed E-state index contributed by atoms with van der Waals surface area (Å²) < 4.78 is 7.34. The highest BCUT2D eigenvalue weighted by Crippen LogP contribution is 2.56. The summed E-state index contributed by atoms with van der Waals surface area (Å²) in [5, 5.41) is 2.28. The van der Waals surface area contributed by atoms with Gasteiger partial charge in [0.1, 0.15) is 5.58 Å². The molecule has 0 saturated carbocycles. The van der Waals surface area contributed by atoms with Crippen LogP contribution in [0.2, 0.25) is 0 Å². The molecule has 3 nitrogen and oxygen atoms in total. The minimum Gasteiger partial charge on any atom is -0.454 e. The molecule has 13 rings (SSSR count). The van der Waals surface area contributed by atoms with E-state index >= 15 is 0 Å². The quantitative estimate of drug-likeness (QED) is 0.164. The molecule has 0 amide bonds. The summed E-state index contributed by atoms with van der Waals surface area (Å²) in [6, 6.07) is 57.9. The molecule has 0 atom stereocenters. The highest BCUT2D eigenvalue weighted by molar-refractivity contribution is 6.94. The highest BCUT2D eigenvalue weighted by atomic mass is 16.3. The number of benzene rings is 8. The Kier molecular flexibility index (Phi) is 9.19. The fraction of sp³-hybridized carbons (Fsp3) is 0.273. The first-order valence-corrected chi connectivity index (χ1v) is 25.8. The van der Waals surface area contributed by atoms with Gasteiger partial charge in [-0.15, -0.1) is 0 Å². The molecular formula is C66H63BN2O. The molecule has 9 aromatic rings. The van der Waals surface area contributed by atoms with Crippen molar-refractivity contribution in [3.05, 3.63) is 185 Å². The normalized spacial score (nSPS) is 17.7. The van der Waals surface area contributed by atoms with Gasteiger partial charge in [-0.05, 0) is 176 Å². The average Bonchev–Trinajstić information content (AvgIpc) is 3.73. The minimum absolute atomic E-state index is 0.0149. The number of rotatable bonds is 4. The van der Waals surface area contributed by atoms with Crippen molar-refractivity contribution >= 4 is 68.1 Å². The SMILES string of the molecule is Cc1cc2c(cc1N1B3c4ccc(-c5ccccc5)cc4N(c4cc5c(cc4C)C(C)(C)CCC5(C)C)c4c3c(cc3c4oc4ccccc43)-c3cc(-c4ccccc4)ccc31)C(C)(C)CCC2(C)C. The standard InChI is InChI=1S/C66H63BN2O/c1-40-33-50-52(65(7,8)31-29-63(50,3)4)38-56(40)68-58-36-45(43-21-15-12-16-22-43)25-27-54(58)67-60-48(37-49-46-23-17-18-24-59(46)70-62(49)61(60)68)47-35-44(42-19-13-11-14-20-42)26-28-55(47)69(67)57-39-53-51(34-41(57)2)64(5,6)30-32-66(53,9)10/h11-28,33-39H,29-32H2,1-10H3. The minimum atomic E-state index is -0.168. The third-order valence-corrected chi connectivity index (χ3v) is 17.6. The van der Waals surface area contributed by atoms with Crippen LogP contribution in [0.15, 0.2) is 156 Å². The molecule has 2 aliphatic carbocycles. The maximum absolute atomic E-state index is 7.34. The van der Waals surface area contributed by atoms with Crippen molar-refractivity contribution in [1.82, 2.24) is 0 Å². The summed E-state index contributed by atoms with van der Waals surface area (Å²) in [4.78, 5) is 5.38. The van der Waals surface area contributed by atoms with Crippen LogP contribution in [0, 0.1) is 13.8 Å². The number of aryl methyl sites for hydroxylation is 2. The first kappa shape index (κ1) is 43.3. The number of furan rings is 1. The molecule has 346 valence electrons. The summed E-state index contributed by atoms with van der Waals surface area (Å²) in [6.45, 7) is 24.2. The van der Waals surface area contributed by atoms with E-state index in [1.165, 1.54) is 113 Å². The second kappa shape index (κ2) is 14.9. The number of fused-ring (bicyclic) bond motifs is 10. The Hall–Kier alpha value is -6.78. The fourth-order valence-electron chi connectivity index (χ4n) is 13.3. The molecule has 8 aromatic carbocycles. The van der Waals surface area contributed by atoms with Crippen molar-refractivity contribution < 1.29 is 4.42 Å². The third-order valence-electron chi connectivity index (χ3n) is 17.6. The lowest BCUT2D eigenvalue weighted by Crippen LogP contribution is -2.61. The van der Waals surface area contributed by atoms with Crippen molar-refractivity contribution in [3.63, 3.8) is 0 Å². The van der Waals surface area contributed by atoms with E-state index in [1.54, 1.807) is 0 Å². The van der Waals surface area contributed by atoms with E-state index in [-0.39, 0.29) is 28.5 Å². The third kappa shape index (κ3) is 6.27. The molecule has 0 N–H and O–H groups in total. The summed E-state index contributed by atoms with van der Waals surface area (Å²) >= 11 is 0. The van der Waals surface area contributed by atoms with Gasteiger partial charge in [-0.25, -0.2) is 0 Å². The molecule has 0 fully saturated rings. The molecule has 0 unspecified atom stereocenters. The van der Waals surface area contributed by atoms with E-state index in [2.05, 4.69) is 231 Å². The number of hydrogen-bond donors (Lipinski definition) is 0. The average molecular weight is 911 g/mol. The summed E-state index contributed by atoms with van der Waals surface area (Å²) in [7, 11) is 0. The van der Waals surface area contributed by atoms with E-state index < -0.39 is 0 Å². The Morgan fingerprint density at radius 3 is 1.56 bits per heavy atom. The van der Waals surface area contributed by atoms with Crippen LogP contribution in [0.1, 0.15) is 114 Å². The van der Waals surface area contributed by atoms with Gasteiger partial charge in [-0.3, -0.25) is 0 Å². The van der Waals surface area contributed by atoms with Crippen LogP contribution in [0.3, 0.4) is 0 Å². The lowest BCUT2D eigenvalue weighted by Gasteiger charge is -2.48. The van der Waals surface area contributed by atoms with Crippen LogP contribution >= 0.6 is 0 Å². The molecule has 3 heterocycles. The predicted octanol–water partition coefficient (Wildman–Crippen LogP) is 16.9. The van der Waals surface area contributed by atoms with Gasteiger partial charge in [0.15, 0.2) is 5.58 Å². The molecular weight excluding hydrogens is 848 g/mol. The maximum Gasteiger partial charge on any atom is 0.333 e. The maximum atomic E-state index is 7.34. The molecule has 4 heteroatoms. The lowest BCUT2D eigenvalue weighted by molar-refractivity contribution is 0.332. The van der Waals surface area contributed by atoms with Crippen molar-refractivity contribution in [1.29, 1.82) is 0 Å². The van der Waals surface area contributed by atoms with Gasteiger partial charge < -0.3 is 14.1 Å². The van der Waals surface area contributed by atoms with Crippen LogP contribution < -0.4 is 20.6 Å². The first-order valence-electron chi connectivity index (χ1n) is 25.8. The number of nitrogens with zero attached hydrogens (tertiary/aromatic N) is 2. The summed E-state index contributed by atoms with van der Waals surface area (Å²) in [5.41, 5.74) is 26.5. The molecule has 0 radical (unpaired) electrons. The zero-order chi connectivity index (χ0) is 48.2. The topological polar surface area (TPSA) is 19.6 Å². The second-order valence-electron chi connectivity index (χ2n) is 23.9. The molecule has 70 heavy (non-hydrogen) atoms. The Balaban J connectivity index is 1.20. The molecule has 0 saturated heterocycles. The van der Waals surface area contributed by atoms with Gasteiger partial charge in [-0.1, -0.05) is 165 Å². The van der Waals surface area contributed by atoms with Gasteiger partial charge in [0.05, 0.1) is 5.69 Å². The van der Waals surface area contributed by atoms with Crippen molar-refractivity contribution in [2.75, 3.05) is 9.71 Å². The van der Waals surface area contributed by atoms with Crippen LogP contribution in [0.4, 0.5) is 28.4 Å². The predicted molar refractivity (Wildman–Crippen MR) is 298 cm³/mol. The fourth-order valence-corrected chi connectivity index (χ4v) is 13.3. The van der Waals surface area contributed by atoms with Gasteiger partial charge >= 0.3 is 6.85 Å². The van der Waals surface area contributed by atoms with Crippen molar-refractivity contribution in [2.45, 2.75) is 117 Å². The molecule has 1 aromatic heterocycles. The monoisotopic (exact) mass is 911 g/mol. The van der Waals surface area contributed by atoms with E-state index in [4.69, 9.17) is 4.42 Å². The number of hydrogen-bond acceptors (Lipinski definition) is 3. The van der Waals surface area contributed by atoms with E-state index in [9.17, 15) is 0 Å². The molecule has 0 spiro atoms. The Bertz CT molecular complexity index is 3650. The largest absolute Gasteiger partial charge is 0.454 e. The number of para-hydroxylation sites is 1. The van der Waals surface area contributed by atoms with Crippen LogP contribution in [-0.2, 0) is 21.7 Å². The number of anilines is 5. The van der Waals surface area contributed by atoms with Crippen molar-refractivity contribution in [3.8, 4) is 33.4 Å². The molecule has 0 bridgehead atoms. The molecule has 2 aliphatic heterocycles. The zero-order valence-corrected chi connectivity index (χ0v) is 42.6. The first-order chi connectivity index (χ1) is 33.5. The lowest BCUT2D eigenvalue weighted by atomic mass is 9.43. The Morgan fingerprint density at radius 2 is 0.943 bits per heavy atom. The summed E-state index contributed by atoms with van der Waals surface area (Å²) in [6.07, 6.45) is 4.64. The van der Waals surface area contributed by atoms with Gasteiger partial charge in [0.25, 0.3) is 0 Å².